The predicted octanol–water partition coefficient (Wildman–Crippen LogP) is 3.75. The minimum Gasteiger partial charge on any atom is -0.381 e. The third-order valence-corrected chi connectivity index (χ3v) is 4.49. The van der Waals surface area contributed by atoms with Crippen molar-refractivity contribution < 1.29 is 4.74 Å². The van der Waals surface area contributed by atoms with Crippen LogP contribution in [0.2, 0.25) is 0 Å². The van der Waals surface area contributed by atoms with Crippen LogP contribution in [-0.2, 0) is 4.74 Å². The van der Waals surface area contributed by atoms with E-state index in [1.165, 1.54) is 57.8 Å². The number of rotatable bonds is 9. The molecule has 2 saturated carbocycles. The van der Waals surface area contributed by atoms with Crippen molar-refractivity contribution in [2.45, 2.75) is 70.8 Å². The summed E-state index contributed by atoms with van der Waals surface area (Å²) in [5, 5.41) is 3.71. The molecule has 2 aliphatic rings. The molecule has 106 valence electrons. The van der Waals surface area contributed by atoms with Crippen molar-refractivity contribution in [1.29, 1.82) is 0 Å². The molecule has 0 saturated heterocycles. The van der Waals surface area contributed by atoms with Gasteiger partial charge in [-0.3, -0.25) is 0 Å². The number of hydrogen-bond donors (Lipinski definition) is 1. The number of ether oxygens (including phenoxy) is 1. The molecule has 0 unspecified atom stereocenters. The van der Waals surface area contributed by atoms with Gasteiger partial charge in [-0.05, 0) is 63.3 Å². The third kappa shape index (κ3) is 5.71. The first-order valence-corrected chi connectivity index (χ1v) is 8.19. The van der Waals surface area contributed by atoms with Gasteiger partial charge >= 0.3 is 0 Å². The van der Waals surface area contributed by atoms with E-state index in [1.54, 1.807) is 0 Å². The van der Waals surface area contributed by atoms with Crippen LogP contribution in [0.4, 0.5) is 0 Å². The Labute approximate surface area is 113 Å². The maximum atomic E-state index is 5.66. The van der Waals surface area contributed by atoms with Gasteiger partial charge < -0.3 is 10.1 Å². The Balaban J connectivity index is 1.40. The number of hydrogen-bond acceptors (Lipinski definition) is 2. The average Bonchev–Trinajstić information content (AvgIpc) is 3.20. The van der Waals surface area contributed by atoms with Crippen LogP contribution in [0.25, 0.3) is 0 Å². The van der Waals surface area contributed by atoms with Gasteiger partial charge in [0.05, 0.1) is 0 Å². The second-order valence-electron chi connectivity index (χ2n) is 6.33. The molecule has 2 rings (SSSR count). The highest BCUT2D eigenvalue weighted by molar-refractivity contribution is 4.77. The molecule has 0 bridgehead atoms. The minimum atomic E-state index is 0.793. The first-order valence-electron chi connectivity index (χ1n) is 8.19. The zero-order valence-corrected chi connectivity index (χ0v) is 12.1. The fourth-order valence-electron chi connectivity index (χ4n) is 3.08. The summed E-state index contributed by atoms with van der Waals surface area (Å²) < 4.78 is 5.66. The first-order chi connectivity index (χ1) is 8.88. The molecule has 0 aromatic rings. The molecule has 0 heterocycles. The Morgan fingerprint density at radius 2 is 1.72 bits per heavy atom. The third-order valence-electron chi connectivity index (χ3n) is 4.49. The van der Waals surface area contributed by atoms with Crippen molar-refractivity contribution in [2.75, 3.05) is 19.8 Å². The molecule has 2 nitrogen and oxygen atoms in total. The summed E-state index contributed by atoms with van der Waals surface area (Å²) in [7, 11) is 0. The van der Waals surface area contributed by atoms with Crippen LogP contribution < -0.4 is 5.32 Å². The molecule has 0 aromatic heterocycles. The second kappa shape index (κ2) is 8.16. The Hall–Kier alpha value is -0.0800. The predicted molar refractivity (Wildman–Crippen MR) is 76.8 cm³/mol. The molecule has 0 spiro atoms. The van der Waals surface area contributed by atoms with Gasteiger partial charge in [0.1, 0.15) is 0 Å². The second-order valence-corrected chi connectivity index (χ2v) is 6.33. The van der Waals surface area contributed by atoms with E-state index < -0.39 is 0 Å². The van der Waals surface area contributed by atoms with E-state index in [0.29, 0.717) is 0 Å². The lowest BCUT2D eigenvalue weighted by Gasteiger charge is -2.29. The van der Waals surface area contributed by atoms with E-state index in [4.69, 9.17) is 4.74 Å². The van der Waals surface area contributed by atoms with Crippen LogP contribution in [0.15, 0.2) is 0 Å². The Morgan fingerprint density at radius 3 is 2.39 bits per heavy atom. The summed E-state index contributed by atoms with van der Waals surface area (Å²) in [4.78, 5) is 0. The van der Waals surface area contributed by atoms with Crippen molar-refractivity contribution in [3.63, 3.8) is 0 Å². The van der Waals surface area contributed by atoms with Gasteiger partial charge in [-0.15, -0.1) is 0 Å². The molecule has 0 atom stereocenters. The highest BCUT2D eigenvalue weighted by Crippen LogP contribution is 2.29. The molecular formula is C16H31NO. The summed E-state index contributed by atoms with van der Waals surface area (Å²) in [6.45, 7) is 5.43. The van der Waals surface area contributed by atoms with Gasteiger partial charge in [-0.1, -0.05) is 19.8 Å². The molecule has 1 N–H and O–H groups in total. The molecule has 2 aliphatic carbocycles. The Morgan fingerprint density at radius 1 is 1.00 bits per heavy atom. The van der Waals surface area contributed by atoms with E-state index in [0.717, 1.165) is 37.6 Å². The maximum Gasteiger partial charge on any atom is 0.0494 e. The quantitative estimate of drug-likeness (QED) is 0.632. The van der Waals surface area contributed by atoms with Gasteiger partial charge in [-0.2, -0.15) is 0 Å². The van der Waals surface area contributed by atoms with E-state index in [2.05, 4.69) is 12.2 Å². The van der Waals surface area contributed by atoms with Crippen molar-refractivity contribution in [3.8, 4) is 0 Å². The van der Waals surface area contributed by atoms with Crippen molar-refractivity contribution >= 4 is 0 Å². The zero-order chi connectivity index (χ0) is 12.6. The van der Waals surface area contributed by atoms with E-state index in [1.807, 2.05) is 0 Å². The Kier molecular flexibility index (Phi) is 6.50. The minimum absolute atomic E-state index is 0.793. The molecule has 0 aromatic carbocycles. The van der Waals surface area contributed by atoms with Crippen LogP contribution in [0, 0.1) is 11.8 Å². The highest BCUT2D eigenvalue weighted by atomic mass is 16.5. The summed E-state index contributed by atoms with van der Waals surface area (Å²) in [6, 6.07) is 0.793. The molecule has 0 aliphatic heterocycles. The largest absolute Gasteiger partial charge is 0.381 e. The highest BCUT2D eigenvalue weighted by Gasteiger charge is 2.21. The monoisotopic (exact) mass is 253 g/mol. The summed E-state index contributed by atoms with van der Waals surface area (Å²) >= 11 is 0. The van der Waals surface area contributed by atoms with Gasteiger partial charge in [0, 0.05) is 19.3 Å². The van der Waals surface area contributed by atoms with Crippen molar-refractivity contribution in [2.24, 2.45) is 11.8 Å². The summed E-state index contributed by atoms with van der Waals surface area (Å²) in [5.41, 5.74) is 0. The lowest BCUT2D eigenvalue weighted by atomic mass is 9.83. The van der Waals surface area contributed by atoms with E-state index >= 15 is 0 Å². The van der Waals surface area contributed by atoms with Gasteiger partial charge in [0.25, 0.3) is 0 Å². The van der Waals surface area contributed by atoms with Crippen LogP contribution in [0.5, 0.6) is 0 Å². The van der Waals surface area contributed by atoms with Crippen molar-refractivity contribution in [1.82, 2.24) is 5.32 Å². The van der Waals surface area contributed by atoms with Crippen LogP contribution in [0.3, 0.4) is 0 Å². The van der Waals surface area contributed by atoms with Crippen molar-refractivity contribution in [3.05, 3.63) is 0 Å². The molecule has 0 radical (unpaired) electrons. The molecular weight excluding hydrogens is 222 g/mol. The smallest absolute Gasteiger partial charge is 0.0494 e. The lowest BCUT2D eigenvalue weighted by Crippen LogP contribution is -2.34. The van der Waals surface area contributed by atoms with Gasteiger partial charge in [0.15, 0.2) is 0 Å². The van der Waals surface area contributed by atoms with E-state index in [9.17, 15) is 0 Å². The van der Waals surface area contributed by atoms with Crippen LogP contribution in [-0.4, -0.2) is 25.8 Å². The average molecular weight is 253 g/mol. The lowest BCUT2D eigenvalue weighted by molar-refractivity contribution is 0.121. The summed E-state index contributed by atoms with van der Waals surface area (Å²) in [6.07, 6.45) is 12.5. The van der Waals surface area contributed by atoms with E-state index in [-0.39, 0.29) is 0 Å². The SMILES string of the molecule is CCCC1CCC(NCCCOCC2CC2)CC1. The van der Waals surface area contributed by atoms with Gasteiger partial charge in [0.2, 0.25) is 0 Å². The normalized spacial score (nSPS) is 28.5. The topological polar surface area (TPSA) is 21.3 Å². The maximum absolute atomic E-state index is 5.66. The molecule has 2 heteroatoms. The fourth-order valence-corrected chi connectivity index (χ4v) is 3.08. The number of nitrogens with one attached hydrogen (secondary N) is 1. The Bertz CT molecular complexity index is 207. The fraction of sp³-hybridized carbons (Fsp3) is 1.00. The van der Waals surface area contributed by atoms with Gasteiger partial charge in [-0.25, -0.2) is 0 Å². The summed E-state index contributed by atoms with van der Waals surface area (Å²) in [5.74, 6) is 1.93. The van der Waals surface area contributed by atoms with Crippen LogP contribution in [0.1, 0.15) is 64.7 Å². The standard InChI is InChI=1S/C16H31NO/c1-2-4-14-7-9-16(10-8-14)17-11-3-12-18-13-15-5-6-15/h14-17H,2-13H2,1H3. The molecule has 2 fully saturated rings. The molecule has 0 amide bonds. The zero-order valence-electron chi connectivity index (χ0n) is 12.1. The molecule has 18 heavy (non-hydrogen) atoms. The first kappa shape index (κ1) is 14.3. The van der Waals surface area contributed by atoms with Crippen LogP contribution >= 0.6 is 0 Å².